The third-order valence-electron chi connectivity index (χ3n) is 2.09. The van der Waals surface area contributed by atoms with E-state index in [0.717, 1.165) is 22.4 Å². The van der Waals surface area contributed by atoms with Gasteiger partial charge in [-0.1, -0.05) is 12.1 Å². The number of nitrogens with two attached hydrogens (primary N) is 1. The van der Waals surface area contributed by atoms with E-state index in [1.165, 1.54) is 4.88 Å². The van der Waals surface area contributed by atoms with Gasteiger partial charge in [-0.25, -0.2) is 0 Å². The molecular formula is C11H11BrN2S. The Kier molecular flexibility index (Phi) is 3.28. The number of nitrogens with one attached hydrogen (secondary N) is 1. The fourth-order valence-corrected chi connectivity index (χ4v) is 2.44. The van der Waals surface area contributed by atoms with Crippen LogP contribution in [-0.4, -0.2) is 0 Å². The molecule has 0 aliphatic rings. The molecule has 4 heteroatoms. The lowest BCUT2D eigenvalue weighted by Crippen LogP contribution is -2.00. The van der Waals surface area contributed by atoms with Gasteiger partial charge in [-0.05, 0) is 39.5 Å². The van der Waals surface area contributed by atoms with Gasteiger partial charge < -0.3 is 11.1 Å². The fraction of sp³-hybridized carbons (Fsp3) is 0.0909. The van der Waals surface area contributed by atoms with E-state index in [1.54, 1.807) is 11.3 Å². The normalized spacial score (nSPS) is 10.2. The van der Waals surface area contributed by atoms with Crippen molar-refractivity contribution in [2.24, 2.45) is 0 Å². The SMILES string of the molecule is Nc1ccsc1CNc1ccccc1Br. The Bertz CT molecular complexity index is 453. The Hall–Kier alpha value is -1.00. The van der Waals surface area contributed by atoms with Crippen LogP contribution in [0.5, 0.6) is 0 Å². The van der Waals surface area contributed by atoms with Gasteiger partial charge in [-0.3, -0.25) is 0 Å². The third kappa shape index (κ3) is 2.52. The molecule has 2 rings (SSSR count). The van der Waals surface area contributed by atoms with Crippen LogP contribution in [0.25, 0.3) is 0 Å². The maximum Gasteiger partial charge on any atom is 0.0515 e. The molecule has 0 amide bonds. The van der Waals surface area contributed by atoms with Crippen molar-refractivity contribution in [3.05, 3.63) is 45.1 Å². The van der Waals surface area contributed by atoms with E-state index in [9.17, 15) is 0 Å². The second kappa shape index (κ2) is 4.68. The lowest BCUT2D eigenvalue weighted by molar-refractivity contribution is 1.19. The smallest absolute Gasteiger partial charge is 0.0515 e. The molecule has 2 aromatic rings. The van der Waals surface area contributed by atoms with Crippen LogP contribution in [-0.2, 0) is 6.54 Å². The van der Waals surface area contributed by atoms with Crippen LogP contribution < -0.4 is 11.1 Å². The second-order valence-electron chi connectivity index (χ2n) is 3.13. The summed E-state index contributed by atoms with van der Waals surface area (Å²) in [5.41, 5.74) is 7.75. The number of hydrogen-bond donors (Lipinski definition) is 2. The van der Waals surface area contributed by atoms with Crippen LogP contribution in [0.2, 0.25) is 0 Å². The number of benzene rings is 1. The van der Waals surface area contributed by atoms with E-state index < -0.39 is 0 Å². The summed E-state index contributed by atoms with van der Waals surface area (Å²) in [6.45, 7) is 0.770. The molecule has 0 fully saturated rings. The summed E-state index contributed by atoms with van der Waals surface area (Å²) < 4.78 is 1.07. The predicted octanol–water partition coefficient (Wildman–Crippen LogP) is 3.70. The van der Waals surface area contributed by atoms with E-state index in [4.69, 9.17) is 5.73 Å². The Morgan fingerprint density at radius 1 is 1.27 bits per heavy atom. The van der Waals surface area contributed by atoms with E-state index in [-0.39, 0.29) is 0 Å². The Balaban J connectivity index is 2.06. The van der Waals surface area contributed by atoms with Gasteiger partial charge in [-0.15, -0.1) is 11.3 Å². The van der Waals surface area contributed by atoms with Crippen molar-refractivity contribution >= 4 is 38.6 Å². The zero-order valence-corrected chi connectivity index (χ0v) is 10.4. The maximum absolute atomic E-state index is 5.80. The Labute approximate surface area is 101 Å². The Morgan fingerprint density at radius 3 is 2.73 bits per heavy atom. The average molecular weight is 283 g/mol. The van der Waals surface area contributed by atoms with Gasteiger partial charge in [-0.2, -0.15) is 0 Å². The lowest BCUT2D eigenvalue weighted by atomic mass is 10.3. The summed E-state index contributed by atoms with van der Waals surface area (Å²) in [7, 11) is 0. The number of halogens is 1. The highest BCUT2D eigenvalue weighted by Gasteiger charge is 2.01. The predicted molar refractivity (Wildman–Crippen MR) is 70.2 cm³/mol. The number of anilines is 2. The summed E-state index contributed by atoms with van der Waals surface area (Å²) in [6.07, 6.45) is 0. The van der Waals surface area contributed by atoms with E-state index in [1.807, 2.05) is 35.7 Å². The first-order chi connectivity index (χ1) is 7.27. The topological polar surface area (TPSA) is 38.0 Å². The summed E-state index contributed by atoms with van der Waals surface area (Å²) >= 11 is 5.16. The van der Waals surface area contributed by atoms with Gasteiger partial charge in [0.05, 0.1) is 6.54 Å². The Morgan fingerprint density at radius 2 is 2.07 bits per heavy atom. The van der Waals surface area contributed by atoms with Crippen LogP contribution in [0.15, 0.2) is 40.2 Å². The van der Waals surface area contributed by atoms with Crippen LogP contribution in [0.1, 0.15) is 4.88 Å². The number of nitrogen functional groups attached to an aromatic ring is 1. The van der Waals surface area contributed by atoms with E-state index in [0.29, 0.717) is 0 Å². The van der Waals surface area contributed by atoms with Crippen molar-refractivity contribution in [3.8, 4) is 0 Å². The minimum absolute atomic E-state index is 0.770. The number of hydrogen-bond acceptors (Lipinski definition) is 3. The molecule has 0 aliphatic heterocycles. The molecule has 1 aromatic heterocycles. The molecule has 1 heterocycles. The van der Waals surface area contributed by atoms with Crippen molar-refractivity contribution in [2.45, 2.75) is 6.54 Å². The maximum atomic E-state index is 5.80. The van der Waals surface area contributed by atoms with E-state index in [2.05, 4.69) is 21.2 Å². The molecule has 1 aromatic carbocycles. The number of rotatable bonds is 3. The van der Waals surface area contributed by atoms with Crippen molar-refractivity contribution in [3.63, 3.8) is 0 Å². The first-order valence-electron chi connectivity index (χ1n) is 4.57. The van der Waals surface area contributed by atoms with Gasteiger partial charge in [0.1, 0.15) is 0 Å². The van der Waals surface area contributed by atoms with Crippen molar-refractivity contribution in [1.82, 2.24) is 0 Å². The molecule has 2 nitrogen and oxygen atoms in total. The third-order valence-corrected chi connectivity index (χ3v) is 3.72. The first kappa shape index (κ1) is 10.5. The zero-order valence-electron chi connectivity index (χ0n) is 8.03. The molecule has 0 spiro atoms. The van der Waals surface area contributed by atoms with Gasteiger partial charge in [0.25, 0.3) is 0 Å². The summed E-state index contributed by atoms with van der Waals surface area (Å²) in [5, 5.41) is 5.35. The number of thiophene rings is 1. The highest BCUT2D eigenvalue weighted by Crippen LogP contribution is 2.24. The molecule has 0 saturated heterocycles. The van der Waals surface area contributed by atoms with Gasteiger partial charge in [0, 0.05) is 20.7 Å². The lowest BCUT2D eigenvalue weighted by Gasteiger charge is -2.07. The molecule has 0 bridgehead atoms. The quantitative estimate of drug-likeness (QED) is 0.901. The monoisotopic (exact) mass is 282 g/mol. The van der Waals surface area contributed by atoms with Gasteiger partial charge >= 0.3 is 0 Å². The molecule has 3 N–H and O–H groups in total. The van der Waals surface area contributed by atoms with Crippen LogP contribution in [0.3, 0.4) is 0 Å². The average Bonchev–Trinajstić information content (AvgIpc) is 2.63. The first-order valence-corrected chi connectivity index (χ1v) is 6.25. The highest BCUT2D eigenvalue weighted by atomic mass is 79.9. The minimum Gasteiger partial charge on any atom is -0.398 e. The molecule has 0 atom stereocenters. The molecule has 0 aliphatic carbocycles. The highest BCUT2D eigenvalue weighted by molar-refractivity contribution is 9.10. The van der Waals surface area contributed by atoms with Crippen LogP contribution in [0, 0.1) is 0 Å². The van der Waals surface area contributed by atoms with Crippen LogP contribution >= 0.6 is 27.3 Å². The van der Waals surface area contributed by atoms with Gasteiger partial charge in [0.2, 0.25) is 0 Å². The molecular weight excluding hydrogens is 272 g/mol. The molecule has 15 heavy (non-hydrogen) atoms. The summed E-state index contributed by atoms with van der Waals surface area (Å²) in [4.78, 5) is 1.17. The summed E-state index contributed by atoms with van der Waals surface area (Å²) in [5.74, 6) is 0. The molecule has 0 radical (unpaired) electrons. The molecule has 0 unspecified atom stereocenters. The standard InChI is InChI=1S/C11H11BrN2S/c12-8-3-1-2-4-10(8)14-7-11-9(13)5-6-15-11/h1-6,14H,7,13H2. The van der Waals surface area contributed by atoms with Crippen molar-refractivity contribution in [2.75, 3.05) is 11.1 Å². The fourth-order valence-electron chi connectivity index (χ4n) is 1.27. The molecule has 78 valence electrons. The van der Waals surface area contributed by atoms with Gasteiger partial charge in [0.15, 0.2) is 0 Å². The molecule has 0 saturated carbocycles. The van der Waals surface area contributed by atoms with E-state index >= 15 is 0 Å². The zero-order chi connectivity index (χ0) is 10.7. The number of para-hydroxylation sites is 1. The largest absolute Gasteiger partial charge is 0.398 e. The second-order valence-corrected chi connectivity index (χ2v) is 4.99. The minimum atomic E-state index is 0.770. The van der Waals surface area contributed by atoms with Crippen LogP contribution in [0.4, 0.5) is 11.4 Å². The van der Waals surface area contributed by atoms with Crippen molar-refractivity contribution in [1.29, 1.82) is 0 Å². The summed E-state index contributed by atoms with van der Waals surface area (Å²) in [6, 6.07) is 9.98. The van der Waals surface area contributed by atoms with Crippen molar-refractivity contribution < 1.29 is 0 Å².